The number of carboxylic acid groups (broad SMARTS) is 1. The van der Waals surface area contributed by atoms with Crippen molar-refractivity contribution in [3.05, 3.63) is 60.2 Å². The molecule has 1 N–H and O–H groups in total. The first kappa shape index (κ1) is 17.9. The highest BCUT2D eigenvalue weighted by Gasteiger charge is 2.28. The number of carboxylic acids is 1. The van der Waals surface area contributed by atoms with Crippen LogP contribution in [0.25, 0.3) is 21.9 Å². The van der Waals surface area contributed by atoms with Crippen LogP contribution in [0, 0.1) is 17.1 Å². The summed E-state index contributed by atoms with van der Waals surface area (Å²) in [6.07, 6.45) is 3.25. The van der Waals surface area contributed by atoms with Gasteiger partial charge in [0.05, 0.1) is 11.6 Å². The minimum atomic E-state index is -0.986. The molecule has 3 aromatic rings. The molecule has 26 heavy (non-hydrogen) atoms. The van der Waals surface area contributed by atoms with Crippen LogP contribution in [0.1, 0.15) is 19.4 Å². The maximum absolute atomic E-state index is 14.5. The number of nitriles is 1. The third-order valence-corrected chi connectivity index (χ3v) is 5.18. The molecule has 0 spiro atoms. The highest BCUT2D eigenvalue weighted by molar-refractivity contribution is 8.01. The fraction of sp³-hybridized carbons (Fsp3) is 0.150. The van der Waals surface area contributed by atoms with Crippen molar-refractivity contribution < 1.29 is 14.3 Å². The predicted molar refractivity (Wildman–Crippen MR) is 99.4 cm³/mol. The molecule has 0 radical (unpaired) electrons. The Labute approximate surface area is 154 Å². The zero-order valence-electron chi connectivity index (χ0n) is 14.2. The first-order chi connectivity index (χ1) is 12.3. The quantitative estimate of drug-likeness (QED) is 0.667. The van der Waals surface area contributed by atoms with E-state index in [1.807, 2.05) is 24.3 Å². The lowest BCUT2D eigenvalue weighted by molar-refractivity contribution is -0.138. The van der Waals surface area contributed by atoms with E-state index in [0.29, 0.717) is 11.1 Å². The molecule has 0 aliphatic carbocycles. The average Bonchev–Trinajstić information content (AvgIpc) is 2.60. The van der Waals surface area contributed by atoms with Crippen molar-refractivity contribution >= 4 is 28.5 Å². The van der Waals surface area contributed by atoms with Gasteiger partial charge < -0.3 is 5.11 Å². The lowest BCUT2D eigenvalue weighted by atomic mass is 9.99. The fourth-order valence-electron chi connectivity index (χ4n) is 2.56. The SMILES string of the molecule is CC(C)(Sc1ccc2cncc(-c3ccc(C#N)cc3F)c2c1)C(=O)O. The first-order valence-corrected chi connectivity index (χ1v) is 8.63. The van der Waals surface area contributed by atoms with Gasteiger partial charge in [-0.25, -0.2) is 4.39 Å². The lowest BCUT2D eigenvalue weighted by Gasteiger charge is -2.19. The molecule has 130 valence electrons. The number of aliphatic carboxylic acids is 1. The van der Waals surface area contributed by atoms with Gasteiger partial charge in [0.1, 0.15) is 10.6 Å². The molecule has 0 saturated heterocycles. The van der Waals surface area contributed by atoms with Crippen LogP contribution in [0.5, 0.6) is 0 Å². The molecule has 6 heteroatoms. The van der Waals surface area contributed by atoms with E-state index in [9.17, 15) is 14.3 Å². The fourth-order valence-corrected chi connectivity index (χ4v) is 3.55. The van der Waals surface area contributed by atoms with Crippen molar-refractivity contribution in [2.75, 3.05) is 0 Å². The number of fused-ring (bicyclic) bond motifs is 1. The monoisotopic (exact) mass is 366 g/mol. The second kappa shape index (κ2) is 6.77. The van der Waals surface area contributed by atoms with Crippen LogP contribution < -0.4 is 0 Å². The van der Waals surface area contributed by atoms with Gasteiger partial charge in [-0.2, -0.15) is 5.26 Å². The Morgan fingerprint density at radius 3 is 2.62 bits per heavy atom. The smallest absolute Gasteiger partial charge is 0.319 e. The normalized spacial score (nSPS) is 11.3. The zero-order chi connectivity index (χ0) is 18.9. The summed E-state index contributed by atoms with van der Waals surface area (Å²) in [5, 5.41) is 19.8. The minimum Gasteiger partial charge on any atom is -0.480 e. The van der Waals surface area contributed by atoms with Gasteiger partial charge in [0, 0.05) is 33.8 Å². The Kier molecular flexibility index (Phi) is 4.66. The number of rotatable bonds is 4. The van der Waals surface area contributed by atoms with Crippen LogP contribution in [0.15, 0.2) is 53.7 Å². The summed E-state index contributed by atoms with van der Waals surface area (Å²) in [4.78, 5) is 16.3. The molecule has 0 amide bonds. The highest BCUT2D eigenvalue weighted by atomic mass is 32.2. The molecule has 0 aliphatic rings. The summed E-state index contributed by atoms with van der Waals surface area (Å²) in [6.45, 7) is 3.27. The summed E-state index contributed by atoms with van der Waals surface area (Å²) in [5.74, 6) is -1.40. The van der Waals surface area contributed by atoms with Crippen molar-refractivity contribution in [1.29, 1.82) is 5.26 Å². The molecule has 1 aromatic heterocycles. The number of carbonyl (C=O) groups is 1. The summed E-state index contributed by atoms with van der Waals surface area (Å²) in [5.41, 5.74) is 1.20. The van der Waals surface area contributed by atoms with E-state index < -0.39 is 16.5 Å². The highest BCUT2D eigenvalue weighted by Crippen LogP contribution is 2.37. The predicted octanol–water partition coefficient (Wildman–Crippen LogP) is 4.87. The number of hydrogen-bond donors (Lipinski definition) is 1. The average molecular weight is 366 g/mol. The Morgan fingerprint density at radius 1 is 1.19 bits per heavy atom. The van der Waals surface area contributed by atoms with Gasteiger partial charge in [0.15, 0.2) is 0 Å². The maximum atomic E-state index is 14.5. The largest absolute Gasteiger partial charge is 0.480 e. The van der Waals surface area contributed by atoms with Gasteiger partial charge in [-0.15, -0.1) is 11.8 Å². The van der Waals surface area contributed by atoms with E-state index in [2.05, 4.69) is 4.98 Å². The standard InChI is InChI=1S/C20H15FN2O2S/c1-20(2,19(24)25)26-14-5-4-13-10-23-11-17(16(13)8-14)15-6-3-12(9-22)7-18(15)21/h3-8,10-11H,1-2H3,(H,24,25). The third kappa shape index (κ3) is 3.39. The Morgan fingerprint density at radius 2 is 1.96 bits per heavy atom. The molecule has 0 saturated carbocycles. The molecular weight excluding hydrogens is 351 g/mol. The zero-order valence-corrected chi connectivity index (χ0v) is 15.0. The van der Waals surface area contributed by atoms with Gasteiger partial charge in [-0.05, 0) is 43.5 Å². The number of thioether (sulfide) groups is 1. The Balaban J connectivity index is 2.14. The van der Waals surface area contributed by atoms with Crippen LogP contribution in [0.2, 0.25) is 0 Å². The molecule has 0 bridgehead atoms. The molecule has 0 unspecified atom stereocenters. The second-order valence-corrected chi connectivity index (χ2v) is 7.99. The lowest BCUT2D eigenvalue weighted by Crippen LogP contribution is -2.26. The van der Waals surface area contributed by atoms with Crippen molar-refractivity contribution in [3.63, 3.8) is 0 Å². The second-order valence-electron chi connectivity index (χ2n) is 6.29. The van der Waals surface area contributed by atoms with E-state index in [1.165, 1.54) is 17.8 Å². The topological polar surface area (TPSA) is 74.0 Å². The van der Waals surface area contributed by atoms with Crippen LogP contribution in [-0.2, 0) is 4.79 Å². The molecule has 1 heterocycles. The van der Waals surface area contributed by atoms with Crippen molar-refractivity contribution in [2.45, 2.75) is 23.5 Å². The Hall–Kier alpha value is -2.91. The van der Waals surface area contributed by atoms with E-state index >= 15 is 0 Å². The van der Waals surface area contributed by atoms with E-state index in [1.54, 1.807) is 38.4 Å². The van der Waals surface area contributed by atoms with Gasteiger partial charge >= 0.3 is 5.97 Å². The molecule has 4 nitrogen and oxygen atoms in total. The minimum absolute atomic E-state index is 0.249. The van der Waals surface area contributed by atoms with Crippen molar-refractivity contribution in [3.8, 4) is 17.2 Å². The summed E-state index contributed by atoms with van der Waals surface area (Å²) < 4.78 is 13.5. The van der Waals surface area contributed by atoms with Crippen molar-refractivity contribution in [1.82, 2.24) is 4.98 Å². The number of hydrogen-bond acceptors (Lipinski definition) is 4. The molecular formula is C20H15FN2O2S. The molecule has 3 rings (SSSR count). The van der Waals surface area contributed by atoms with E-state index in [4.69, 9.17) is 5.26 Å². The molecule has 0 fully saturated rings. The number of benzene rings is 2. The van der Waals surface area contributed by atoms with Crippen LogP contribution in [0.4, 0.5) is 4.39 Å². The Bertz CT molecular complexity index is 1060. The number of aromatic nitrogens is 1. The molecule has 0 aliphatic heterocycles. The van der Waals surface area contributed by atoms with Gasteiger partial charge in [0.25, 0.3) is 0 Å². The third-order valence-electron chi connectivity index (χ3n) is 4.01. The summed E-state index contributed by atoms with van der Waals surface area (Å²) in [7, 11) is 0. The van der Waals surface area contributed by atoms with Gasteiger partial charge in [-0.1, -0.05) is 12.1 Å². The van der Waals surface area contributed by atoms with Crippen LogP contribution in [0.3, 0.4) is 0 Å². The van der Waals surface area contributed by atoms with Gasteiger partial charge in [-0.3, -0.25) is 9.78 Å². The number of pyridine rings is 1. The van der Waals surface area contributed by atoms with E-state index in [-0.39, 0.29) is 5.56 Å². The van der Waals surface area contributed by atoms with E-state index in [0.717, 1.165) is 15.7 Å². The summed E-state index contributed by atoms with van der Waals surface area (Å²) in [6, 6.07) is 11.7. The maximum Gasteiger partial charge on any atom is 0.319 e. The molecule has 2 aromatic carbocycles. The first-order valence-electron chi connectivity index (χ1n) is 7.82. The summed E-state index contributed by atoms with van der Waals surface area (Å²) >= 11 is 1.23. The number of halogens is 1. The van der Waals surface area contributed by atoms with Crippen LogP contribution >= 0.6 is 11.8 Å². The number of nitrogens with zero attached hydrogens (tertiary/aromatic N) is 2. The molecule has 0 atom stereocenters. The van der Waals surface area contributed by atoms with Crippen LogP contribution in [-0.4, -0.2) is 20.8 Å². The van der Waals surface area contributed by atoms with Gasteiger partial charge in [0.2, 0.25) is 0 Å². The van der Waals surface area contributed by atoms with Crippen molar-refractivity contribution in [2.24, 2.45) is 0 Å².